The molecular formula is C24H30N2O. The van der Waals surface area contributed by atoms with Crippen LogP contribution < -0.4 is 0 Å². The fraction of sp³-hybridized carbons (Fsp3) is 0.458. The highest BCUT2D eigenvalue weighted by molar-refractivity contribution is 5.94. The zero-order valence-electron chi connectivity index (χ0n) is 16.4. The molecule has 3 nitrogen and oxygen atoms in total. The summed E-state index contributed by atoms with van der Waals surface area (Å²) >= 11 is 0. The first-order valence-corrected chi connectivity index (χ1v) is 10.3. The number of rotatable bonds is 3. The van der Waals surface area contributed by atoms with Gasteiger partial charge in [0.15, 0.2) is 0 Å². The molecule has 1 spiro atoms. The maximum atomic E-state index is 12.8. The summed E-state index contributed by atoms with van der Waals surface area (Å²) < 4.78 is 0. The lowest BCUT2D eigenvalue weighted by molar-refractivity contribution is 0.0285. The molecule has 2 fully saturated rings. The third-order valence-electron chi connectivity index (χ3n) is 6.54. The number of likely N-dealkylation sites (tertiary alicyclic amines) is 2. The van der Waals surface area contributed by atoms with Gasteiger partial charge in [0.2, 0.25) is 0 Å². The molecule has 0 bridgehead atoms. The molecule has 142 valence electrons. The first-order valence-electron chi connectivity index (χ1n) is 10.3. The highest BCUT2D eigenvalue weighted by Crippen LogP contribution is 2.41. The lowest BCUT2D eigenvalue weighted by atomic mass is 9.71. The third-order valence-corrected chi connectivity index (χ3v) is 6.54. The van der Waals surface area contributed by atoms with E-state index in [0.29, 0.717) is 5.41 Å². The Morgan fingerprint density at radius 3 is 2.22 bits per heavy atom. The van der Waals surface area contributed by atoms with Crippen LogP contribution in [0, 0.1) is 12.3 Å². The second-order valence-electron chi connectivity index (χ2n) is 8.42. The molecular weight excluding hydrogens is 332 g/mol. The second kappa shape index (κ2) is 7.85. The van der Waals surface area contributed by atoms with Crippen LogP contribution in [0.1, 0.15) is 47.2 Å². The van der Waals surface area contributed by atoms with E-state index in [0.717, 1.165) is 43.6 Å². The van der Waals surface area contributed by atoms with Crippen molar-refractivity contribution >= 4 is 5.91 Å². The normalized spacial score (nSPS) is 20.0. The summed E-state index contributed by atoms with van der Waals surface area (Å²) in [5, 5.41) is 0. The van der Waals surface area contributed by atoms with Crippen molar-refractivity contribution in [1.82, 2.24) is 9.80 Å². The minimum Gasteiger partial charge on any atom is -0.339 e. The lowest BCUT2D eigenvalue weighted by Gasteiger charge is -2.47. The molecule has 4 rings (SSSR count). The van der Waals surface area contributed by atoms with Crippen molar-refractivity contribution in [2.75, 3.05) is 26.2 Å². The van der Waals surface area contributed by atoms with Crippen molar-refractivity contribution in [3.63, 3.8) is 0 Å². The molecule has 2 aliphatic heterocycles. The first-order chi connectivity index (χ1) is 13.1. The molecule has 2 aromatic rings. The Labute approximate surface area is 163 Å². The van der Waals surface area contributed by atoms with Crippen LogP contribution in [-0.4, -0.2) is 41.9 Å². The number of hydrogen-bond donors (Lipinski definition) is 0. The number of amides is 1. The van der Waals surface area contributed by atoms with Crippen LogP contribution in [0.25, 0.3) is 0 Å². The van der Waals surface area contributed by atoms with Gasteiger partial charge in [-0.1, -0.05) is 48.0 Å². The summed E-state index contributed by atoms with van der Waals surface area (Å²) in [6.45, 7) is 7.29. The molecule has 2 aliphatic rings. The highest BCUT2D eigenvalue weighted by atomic mass is 16.2. The van der Waals surface area contributed by atoms with E-state index >= 15 is 0 Å². The van der Waals surface area contributed by atoms with Crippen molar-refractivity contribution in [2.24, 2.45) is 5.41 Å². The van der Waals surface area contributed by atoms with Crippen LogP contribution in [0.5, 0.6) is 0 Å². The van der Waals surface area contributed by atoms with Gasteiger partial charge < -0.3 is 4.90 Å². The summed E-state index contributed by atoms with van der Waals surface area (Å²) in [6.07, 6.45) is 4.85. The number of aryl methyl sites for hydroxylation is 1. The Morgan fingerprint density at radius 1 is 0.889 bits per heavy atom. The van der Waals surface area contributed by atoms with Gasteiger partial charge in [-0.15, -0.1) is 0 Å². The zero-order chi connectivity index (χ0) is 18.7. The average Bonchev–Trinajstić information content (AvgIpc) is 2.71. The molecule has 0 saturated carbocycles. The minimum absolute atomic E-state index is 0.204. The van der Waals surface area contributed by atoms with E-state index in [-0.39, 0.29) is 5.91 Å². The van der Waals surface area contributed by atoms with Crippen molar-refractivity contribution in [1.29, 1.82) is 0 Å². The van der Waals surface area contributed by atoms with Crippen LogP contribution in [0.2, 0.25) is 0 Å². The van der Waals surface area contributed by atoms with E-state index in [2.05, 4.69) is 40.1 Å². The molecule has 0 atom stereocenters. The van der Waals surface area contributed by atoms with Gasteiger partial charge in [0.1, 0.15) is 0 Å². The molecule has 0 N–H and O–H groups in total. The molecule has 0 unspecified atom stereocenters. The Bertz CT molecular complexity index is 768. The van der Waals surface area contributed by atoms with Crippen LogP contribution in [0.4, 0.5) is 0 Å². The third kappa shape index (κ3) is 4.24. The molecule has 2 heterocycles. The van der Waals surface area contributed by atoms with Gasteiger partial charge in [-0.25, -0.2) is 0 Å². The summed E-state index contributed by atoms with van der Waals surface area (Å²) in [5.74, 6) is 0.204. The fourth-order valence-corrected chi connectivity index (χ4v) is 4.67. The van der Waals surface area contributed by atoms with E-state index < -0.39 is 0 Å². The Kier molecular flexibility index (Phi) is 5.31. The molecule has 1 amide bonds. The van der Waals surface area contributed by atoms with Gasteiger partial charge in [-0.3, -0.25) is 9.69 Å². The van der Waals surface area contributed by atoms with Crippen LogP contribution in [-0.2, 0) is 6.54 Å². The van der Waals surface area contributed by atoms with E-state index in [1.54, 1.807) is 0 Å². The average molecular weight is 363 g/mol. The minimum atomic E-state index is 0.204. The number of carbonyl (C=O) groups excluding carboxylic acids is 1. The van der Waals surface area contributed by atoms with E-state index in [1.807, 2.05) is 31.2 Å². The number of piperidine rings is 2. The first kappa shape index (κ1) is 18.2. The SMILES string of the molecule is Cc1cccc(C(=O)N2CCC3(CCN(Cc4ccccc4)CC3)CC2)c1. The smallest absolute Gasteiger partial charge is 0.253 e. The van der Waals surface area contributed by atoms with E-state index in [4.69, 9.17) is 0 Å². The Morgan fingerprint density at radius 2 is 1.56 bits per heavy atom. The van der Waals surface area contributed by atoms with Gasteiger partial charge in [0, 0.05) is 25.2 Å². The maximum absolute atomic E-state index is 12.8. The van der Waals surface area contributed by atoms with Gasteiger partial charge in [-0.05, 0) is 68.8 Å². The molecule has 0 radical (unpaired) electrons. The molecule has 2 aromatic carbocycles. The lowest BCUT2D eigenvalue weighted by Crippen LogP contribution is -2.48. The molecule has 27 heavy (non-hydrogen) atoms. The number of hydrogen-bond acceptors (Lipinski definition) is 2. The van der Waals surface area contributed by atoms with Crippen LogP contribution in [0.3, 0.4) is 0 Å². The Hall–Kier alpha value is -2.13. The predicted octanol–water partition coefficient (Wildman–Crippen LogP) is 4.51. The Balaban J connectivity index is 1.30. The standard InChI is InChI=1S/C24H30N2O/c1-20-6-5-9-22(18-20)23(27)26-16-12-24(13-17-26)10-14-25(15-11-24)19-21-7-3-2-4-8-21/h2-9,18H,10-17,19H2,1H3. The second-order valence-corrected chi connectivity index (χ2v) is 8.42. The number of nitrogens with zero attached hydrogens (tertiary/aromatic N) is 2. The van der Waals surface area contributed by atoms with Crippen LogP contribution >= 0.6 is 0 Å². The van der Waals surface area contributed by atoms with E-state index in [1.165, 1.54) is 31.5 Å². The number of benzene rings is 2. The largest absolute Gasteiger partial charge is 0.339 e. The monoisotopic (exact) mass is 362 g/mol. The van der Waals surface area contributed by atoms with Crippen molar-refractivity contribution in [3.8, 4) is 0 Å². The highest BCUT2D eigenvalue weighted by Gasteiger charge is 2.38. The topological polar surface area (TPSA) is 23.6 Å². The summed E-state index contributed by atoms with van der Waals surface area (Å²) in [5.41, 5.74) is 3.85. The van der Waals surface area contributed by atoms with Gasteiger partial charge >= 0.3 is 0 Å². The van der Waals surface area contributed by atoms with Gasteiger partial charge in [-0.2, -0.15) is 0 Å². The summed E-state index contributed by atoms with van der Waals surface area (Å²) in [6, 6.07) is 18.8. The quantitative estimate of drug-likeness (QED) is 0.802. The number of carbonyl (C=O) groups is 1. The van der Waals surface area contributed by atoms with Crippen molar-refractivity contribution in [2.45, 2.75) is 39.2 Å². The molecule has 3 heteroatoms. The fourth-order valence-electron chi connectivity index (χ4n) is 4.67. The maximum Gasteiger partial charge on any atom is 0.253 e. The van der Waals surface area contributed by atoms with Crippen molar-refractivity contribution < 1.29 is 4.79 Å². The molecule has 0 aromatic heterocycles. The predicted molar refractivity (Wildman–Crippen MR) is 110 cm³/mol. The van der Waals surface area contributed by atoms with Gasteiger partial charge in [0.25, 0.3) is 5.91 Å². The molecule has 2 saturated heterocycles. The van der Waals surface area contributed by atoms with E-state index in [9.17, 15) is 4.79 Å². The van der Waals surface area contributed by atoms with Crippen molar-refractivity contribution in [3.05, 3.63) is 71.3 Å². The summed E-state index contributed by atoms with van der Waals surface area (Å²) in [7, 11) is 0. The zero-order valence-corrected chi connectivity index (χ0v) is 16.4. The van der Waals surface area contributed by atoms with Gasteiger partial charge in [0.05, 0.1) is 0 Å². The molecule has 0 aliphatic carbocycles. The summed E-state index contributed by atoms with van der Waals surface area (Å²) in [4.78, 5) is 17.5. The van der Waals surface area contributed by atoms with Crippen LogP contribution in [0.15, 0.2) is 54.6 Å².